The molecule has 0 bridgehead atoms. The summed E-state index contributed by atoms with van der Waals surface area (Å²) in [5.74, 6) is -0.816. The van der Waals surface area contributed by atoms with E-state index in [1.54, 1.807) is 35.9 Å². The van der Waals surface area contributed by atoms with Crippen LogP contribution in [0.15, 0.2) is 60.7 Å². The van der Waals surface area contributed by atoms with Crippen LogP contribution in [0.1, 0.15) is 57.2 Å². The van der Waals surface area contributed by atoms with Gasteiger partial charge in [-0.25, -0.2) is 4.79 Å². The summed E-state index contributed by atoms with van der Waals surface area (Å²) in [7, 11) is -0.647. The highest BCUT2D eigenvalue weighted by atomic mass is 16.5. The van der Waals surface area contributed by atoms with Gasteiger partial charge in [0.2, 0.25) is 0 Å². The first kappa shape index (κ1) is 27.3. The molecule has 6 rings (SSSR count). The number of rotatable bonds is 6. The van der Waals surface area contributed by atoms with Crippen molar-refractivity contribution in [1.82, 2.24) is 5.32 Å². The van der Waals surface area contributed by atoms with E-state index < -0.39 is 13.0 Å². The molecule has 0 unspecified atom stereocenters. The number of nitrogens with one attached hydrogen (secondary N) is 2. The number of esters is 1. The van der Waals surface area contributed by atoms with Gasteiger partial charge in [-0.15, -0.1) is 0 Å². The molecular formula is C30H32BN3O6. The molecule has 0 saturated heterocycles. The maximum absolute atomic E-state index is 12.8. The van der Waals surface area contributed by atoms with Crippen LogP contribution >= 0.6 is 0 Å². The Labute approximate surface area is 233 Å². The summed E-state index contributed by atoms with van der Waals surface area (Å²) in [6, 6.07) is 18.5. The number of hydrogen-bond donors (Lipinski definition) is 4. The van der Waals surface area contributed by atoms with Gasteiger partial charge >= 0.3 is 19.0 Å². The van der Waals surface area contributed by atoms with Crippen molar-refractivity contribution in [3.8, 4) is 5.75 Å². The predicted molar refractivity (Wildman–Crippen MR) is 153 cm³/mol. The third kappa shape index (κ3) is 5.53. The highest BCUT2D eigenvalue weighted by Crippen LogP contribution is 2.46. The molecule has 1 fully saturated rings. The van der Waals surface area contributed by atoms with Gasteiger partial charge in [-0.1, -0.05) is 36.4 Å². The number of carboxylic acid groups (broad SMARTS) is 1. The molecule has 10 heteroatoms. The van der Waals surface area contributed by atoms with Gasteiger partial charge in [-0.3, -0.25) is 9.59 Å². The summed E-state index contributed by atoms with van der Waals surface area (Å²) in [5.41, 5.74) is 5.52. The first-order valence-corrected chi connectivity index (χ1v) is 13.5. The number of carbonyl (C=O) groups is 3. The number of nitrogens with zero attached hydrogens (tertiary/aromatic N) is 1. The first-order chi connectivity index (χ1) is 19.2. The molecule has 0 spiro atoms. The third-order valence-electron chi connectivity index (χ3n) is 7.57. The maximum Gasteiger partial charge on any atom is 0.409 e. The van der Waals surface area contributed by atoms with Gasteiger partial charge < -0.3 is 30.3 Å². The van der Waals surface area contributed by atoms with Gasteiger partial charge in [-0.05, 0) is 73.5 Å². The van der Waals surface area contributed by atoms with E-state index in [0.717, 1.165) is 49.0 Å². The fourth-order valence-electron chi connectivity index (χ4n) is 5.46. The summed E-state index contributed by atoms with van der Waals surface area (Å²) < 4.78 is 5.07. The zero-order valence-electron chi connectivity index (χ0n) is 22.6. The van der Waals surface area contributed by atoms with Crippen LogP contribution in [0.4, 0.5) is 11.4 Å². The Hall–Kier alpha value is -4.31. The van der Waals surface area contributed by atoms with E-state index in [1.165, 1.54) is 12.5 Å². The van der Waals surface area contributed by atoms with Crippen LogP contribution in [0.3, 0.4) is 0 Å². The van der Waals surface area contributed by atoms with Crippen LogP contribution in [0.25, 0.3) is 0 Å². The summed E-state index contributed by atoms with van der Waals surface area (Å²) in [6.45, 7) is 4.58. The van der Waals surface area contributed by atoms with Crippen LogP contribution in [0.5, 0.6) is 5.75 Å². The van der Waals surface area contributed by atoms with Gasteiger partial charge in [0, 0.05) is 25.7 Å². The Balaban J connectivity index is 0.000000184. The number of ether oxygens (including phenoxy) is 1. The topological polar surface area (TPSA) is 128 Å². The average Bonchev–Trinajstić information content (AvgIpc) is 3.33. The number of carboxylic acids is 1. The molecule has 4 N–H and O–H groups in total. The van der Waals surface area contributed by atoms with Gasteiger partial charge in [0.15, 0.2) is 0 Å². The summed E-state index contributed by atoms with van der Waals surface area (Å²) in [6.07, 6.45) is 3.57. The van der Waals surface area contributed by atoms with Crippen LogP contribution < -0.4 is 20.2 Å². The van der Waals surface area contributed by atoms with Crippen molar-refractivity contribution in [2.45, 2.75) is 45.0 Å². The molecule has 2 heterocycles. The van der Waals surface area contributed by atoms with Crippen molar-refractivity contribution in [2.75, 3.05) is 23.2 Å². The van der Waals surface area contributed by atoms with E-state index in [2.05, 4.69) is 16.7 Å². The lowest BCUT2D eigenvalue weighted by Crippen LogP contribution is -2.36. The second kappa shape index (κ2) is 11.1. The molecule has 2 aliphatic heterocycles. The van der Waals surface area contributed by atoms with Gasteiger partial charge in [0.05, 0.1) is 22.4 Å². The van der Waals surface area contributed by atoms with Crippen molar-refractivity contribution in [3.63, 3.8) is 0 Å². The van der Waals surface area contributed by atoms with E-state index in [-0.39, 0.29) is 23.0 Å². The zero-order valence-corrected chi connectivity index (χ0v) is 22.6. The molecule has 1 amide bonds. The first-order valence-electron chi connectivity index (χ1n) is 13.5. The molecule has 0 radical (unpaired) electrons. The van der Waals surface area contributed by atoms with Crippen molar-refractivity contribution in [1.29, 1.82) is 0 Å². The van der Waals surface area contributed by atoms with E-state index in [9.17, 15) is 19.4 Å². The third-order valence-corrected chi connectivity index (χ3v) is 7.57. The summed E-state index contributed by atoms with van der Waals surface area (Å²) >= 11 is 0. The minimum Gasteiger partial charge on any atom is -0.478 e. The smallest absolute Gasteiger partial charge is 0.409 e. The lowest BCUT2D eigenvalue weighted by atomic mass is 9.84. The Bertz CT molecular complexity index is 1450. The standard InChI is InChI=1S/C20H20N2O3.C10H12BNO3/c1-13(23)25-16-7-5-15(6-8-16)20(10-11-20)22-19(24)17-4-2-3-14-9-12-21-18(14)17;1-11(15)12-6-5-7-3-2-4-8(9(7)12)10(13)14/h2-8,21H,9-12H2,1H3,(H,22,24);2-4,15H,5-6H2,1H3,(H,13,14). The van der Waals surface area contributed by atoms with E-state index in [4.69, 9.17) is 9.84 Å². The number of para-hydroxylation sites is 2. The molecule has 40 heavy (non-hydrogen) atoms. The number of carbonyl (C=O) groups excluding carboxylic acids is 2. The highest BCUT2D eigenvalue weighted by Gasteiger charge is 2.46. The highest BCUT2D eigenvalue weighted by molar-refractivity contribution is 6.54. The molecular weight excluding hydrogens is 509 g/mol. The Kier molecular flexibility index (Phi) is 7.54. The Morgan fingerprint density at radius 2 is 1.65 bits per heavy atom. The second-order valence-corrected chi connectivity index (χ2v) is 10.4. The fourth-order valence-corrected chi connectivity index (χ4v) is 5.46. The quantitative estimate of drug-likeness (QED) is 0.211. The minimum atomic E-state index is -0.945. The van der Waals surface area contributed by atoms with Crippen molar-refractivity contribution in [2.24, 2.45) is 0 Å². The van der Waals surface area contributed by atoms with Crippen molar-refractivity contribution in [3.05, 3.63) is 88.5 Å². The van der Waals surface area contributed by atoms with Crippen LogP contribution in [-0.2, 0) is 23.2 Å². The van der Waals surface area contributed by atoms with E-state index >= 15 is 0 Å². The van der Waals surface area contributed by atoms with Crippen LogP contribution in [0.2, 0.25) is 6.82 Å². The number of amides is 1. The fraction of sp³-hybridized carbons (Fsp3) is 0.300. The van der Waals surface area contributed by atoms with Gasteiger partial charge in [0.1, 0.15) is 5.75 Å². The number of aromatic carboxylic acids is 1. The number of benzene rings is 3. The largest absolute Gasteiger partial charge is 0.478 e. The summed E-state index contributed by atoms with van der Waals surface area (Å²) in [5, 5.41) is 25.1. The molecule has 0 atom stereocenters. The number of fused-ring (bicyclic) bond motifs is 2. The van der Waals surface area contributed by atoms with Gasteiger partial charge in [0.25, 0.3) is 5.91 Å². The monoisotopic (exact) mass is 541 g/mol. The van der Waals surface area contributed by atoms with E-state index in [1.807, 2.05) is 30.3 Å². The van der Waals surface area contributed by atoms with Gasteiger partial charge in [-0.2, -0.15) is 0 Å². The maximum atomic E-state index is 12.8. The molecule has 9 nitrogen and oxygen atoms in total. The van der Waals surface area contributed by atoms with Crippen LogP contribution in [0, 0.1) is 0 Å². The molecule has 3 aromatic carbocycles. The molecule has 0 aromatic heterocycles. The molecule has 1 saturated carbocycles. The normalized spacial score (nSPS) is 15.5. The lowest BCUT2D eigenvalue weighted by molar-refractivity contribution is -0.131. The summed E-state index contributed by atoms with van der Waals surface area (Å²) in [4.78, 5) is 36.6. The Morgan fingerprint density at radius 1 is 0.975 bits per heavy atom. The average molecular weight is 541 g/mol. The molecule has 3 aromatic rings. The van der Waals surface area contributed by atoms with Crippen molar-refractivity contribution < 1.29 is 29.3 Å². The minimum absolute atomic E-state index is 0.0483. The van der Waals surface area contributed by atoms with Crippen molar-refractivity contribution >= 4 is 36.3 Å². The lowest BCUT2D eigenvalue weighted by Gasteiger charge is -2.21. The molecule has 206 valence electrons. The van der Waals surface area contributed by atoms with E-state index in [0.29, 0.717) is 23.5 Å². The predicted octanol–water partition coefficient (Wildman–Crippen LogP) is 3.86. The zero-order chi connectivity index (χ0) is 28.4. The molecule has 3 aliphatic rings. The second-order valence-electron chi connectivity index (χ2n) is 10.4. The molecule has 1 aliphatic carbocycles. The SMILES string of the molecule is CB(O)N1CCc2cccc(C(=O)O)c21.CC(=O)Oc1ccc(C2(NC(=O)c3cccc4c3NCC4)CC2)cc1. The number of hydrogen-bond acceptors (Lipinski definition) is 7. The number of anilines is 2. The van der Waals surface area contributed by atoms with Crippen LogP contribution in [-0.4, -0.2) is 48.1 Å². The Morgan fingerprint density at radius 3 is 2.27 bits per heavy atom.